The second-order valence-corrected chi connectivity index (χ2v) is 6.92. The monoisotopic (exact) mass is 357 g/mol. The third-order valence-corrected chi connectivity index (χ3v) is 4.02. The van der Waals surface area contributed by atoms with Crippen LogP contribution in [-0.2, 0) is 5.41 Å². The number of methoxy groups -OCH3 is 2. The van der Waals surface area contributed by atoms with Crippen LogP contribution in [0.2, 0.25) is 0 Å². The molecule has 0 unspecified atom stereocenters. The summed E-state index contributed by atoms with van der Waals surface area (Å²) in [5.74, 6) is 1.50. The highest BCUT2D eigenvalue weighted by Gasteiger charge is 2.16. The molecule has 1 N–H and O–H groups in total. The summed E-state index contributed by atoms with van der Waals surface area (Å²) in [6.45, 7) is 7.29. The van der Waals surface area contributed by atoms with Gasteiger partial charge in [0.15, 0.2) is 11.5 Å². The van der Waals surface area contributed by atoms with E-state index in [4.69, 9.17) is 14.2 Å². The van der Waals surface area contributed by atoms with Crippen molar-refractivity contribution in [3.05, 3.63) is 53.6 Å². The first kappa shape index (κ1) is 19.6. The molecule has 2 aromatic rings. The van der Waals surface area contributed by atoms with Gasteiger partial charge < -0.3 is 19.5 Å². The Hall–Kier alpha value is -2.69. The van der Waals surface area contributed by atoms with E-state index in [9.17, 15) is 4.79 Å². The van der Waals surface area contributed by atoms with Crippen LogP contribution in [0.5, 0.6) is 17.2 Å². The first-order chi connectivity index (χ1) is 12.4. The second-order valence-electron chi connectivity index (χ2n) is 6.92. The lowest BCUT2D eigenvalue weighted by atomic mass is 9.87. The van der Waals surface area contributed by atoms with E-state index in [0.717, 1.165) is 5.75 Å². The number of benzene rings is 2. The van der Waals surface area contributed by atoms with E-state index < -0.39 is 0 Å². The van der Waals surface area contributed by atoms with E-state index in [0.29, 0.717) is 30.2 Å². The maximum absolute atomic E-state index is 12.4. The Morgan fingerprint density at radius 2 is 1.69 bits per heavy atom. The highest BCUT2D eigenvalue weighted by atomic mass is 16.5. The molecule has 2 aromatic carbocycles. The van der Waals surface area contributed by atoms with Crippen molar-refractivity contribution < 1.29 is 19.0 Å². The molecule has 0 aromatic heterocycles. The van der Waals surface area contributed by atoms with Crippen molar-refractivity contribution in [3.63, 3.8) is 0 Å². The Balaban J connectivity index is 1.87. The molecule has 0 heterocycles. The van der Waals surface area contributed by atoms with Crippen molar-refractivity contribution in [2.24, 2.45) is 0 Å². The number of nitrogens with one attached hydrogen (secondary N) is 1. The zero-order valence-electron chi connectivity index (χ0n) is 16.1. The number of para-hydroxylation sites is 1. The Bertz CT molecular complexity index is 733. The topological polar surface area (TPSA) is 56.8 Å². The van der Waals surface area contributed by atoms with Crippen LogP contribution < -0.4 is 19.5 Å². The minimum Gasteiger partial charge on any atom is -0.493 e. The fourth-order valence-corrected chi connectivity index (χ4v) is 2.55. The Labute approximate surface area is 155 Å². The third-order valence-electron chi connectivity index (χ3n) is 4.02. The van der Waals surface area contributed by atoms with E-state index in [2.05, 4.69) is 38.2 Å². The van der Waals surface area contributed by atoms with Gasteiger partial charge in [0, 0.05) is 0 Å². The summed E-state index contributed by atoms with van der Waals surface area (Å²) in [7, 11) is 3.05. The van der Waals surface area contributed by atoms with Crippen molar-refractivity contribution in [1.82, 2.24) is 5.32 Å². The molecule has 0 spiro atoms. The summed E-state index contributed by atoms with van der Waals surface area (Å²) >= 11 is 0. The lowest BCUT2D eigenvalue weighted by Crippen LogP contribution is -2.28. The molecule has 0 aliphatic carbocycles. The van der Waals surface area contributed by atoms with Gasteiger partial charge in [0.2, 0.25) is 0 Å². The fraction of sp³-hybridized carbons (Fsp3) is 0.381. The van der Waals surface area contributed by atoms with Gasteiger partial charge in [-0.05, 0) is 35.2 Å². The van der Waals surface area contributed by atoms with Crippen LogP contribution in [0.3, 0.4) is 0 Å². The predicted octanol–water partition coefficient (Wildman–Crippen LogP) is 3.81. The van der Waals surface area contributed by atoms with Gasteiger partial charge in [-0.25, -0.2) is 0 Å². The van der Waals surface area contributed by atoms with Crippen LogP contribution in [0.4, 0.5) is 0 Å². The summed E-state index contributed by atoms with van der Waals surface area (Å²) in [4.78, 5) is 12.4. The van der Waals surface area contributed by atoms with Gasteiger partial charge in [0.05, 0.1) is 26.3 Å². The van der Waals surface area contributed by atoms with E-state index in [1.165, 1.54) is 19.8 Å². The molecule has 26 heavy (non-hydrogen) atoms. The van der Waals surface area contributed by atoms with Gasteiger partial charge in [-0.15, -0.1) is 0 Å². The smallest absolute Gasteiger partial charge is 0.255 e. The maximum atomic E-state index is 12.4. The summed E-state index contributed by atoms with van der Waals surface area (Å²) in [6.07, 6.45) is 0. The van der Waals surface area contributed by atoms with Gasteiger partial charge in [0.25, 0.3) is 5.91 Å². The van der Waals surface area contributed by atoms with E-state index in [1.807, 2.05) is 12.1 Å². The number of rotatable bonds is 7. The normalized spacial score (nSPS) is 11.0. The number of hydrogen-bond acceptors (Lipinski definition) is 4. The highest BCUT2D eigenvalue weighted by molar-refractivity contribution is 5.97. The molecule has 0 saturated carbocycles. The zero-order valence-corrected chi connectivity index (χ0v) is 16.1. The number of hydrogen-bond donors (Lipinski definition) is 1. The lowest BCUT2D eigenvalue weighted by Gasteiger charge is -2.19. The average Bonchev–Trinajstić information content (AvgIpc) is 2.63. The maximum Gasteiger partial charge on any atom is 0.255 e. The van der Waals surface area contributed by atoms with Crippen molar-refractivity contribution in [2.45, 2.75) is 26.2 Å². The van der Waals surface area contributed by atoms with Crippen molar-refractivity contribution in [1.29, 1.82) is 0 Å². The molecule has 0 bridgehead atoms. The van der Waals surface area contributed by atoms with E-state index in [-0.39, 0.29) is 11.3 Å². The Morgan fingerprint density at radius 3 is 2.27 bits per heavy atom. The average molecular weight is 357 g/mol. The molecule has 0 aliphatic heterocycles. The van der Waals surface area contributed by atoms with Crippen LogP contribution in [0, 0.1) is 0 Å². The zero-order chi connectivity index (χ0) is 19.2. The number of carbonyl (C=O) groups excluding carboxylic acids is 1. The molecule has 2 rings (SSSR count). The molecule has 5 nitrogen and oxygen atoms in total. The quantitative estimate of drug-likeness (QED) is 0.766. The third kappa shape index (κ3) is 4.91. The molecule has 0 aliphatic rings. The molecule has 0 atom stereocenters. The molecule has 5 heteroatoms. The van der Waals surface area contributed by atoms with Gasteiger partial charge >= 0.3 is 0 Å². The van der Waals surface area contributed by atoms with Crippen molar-refractivity contribution in [2.75, 3.05) is 27.4 Å². The first-order valence-corrected chi connectivity index (χ1v) is 8.59. The minimum atomic E-state index is -0.229. The molecule has 0 fully saturated rings. The van der Waals surface area contributed by atoms with E-state index >= 15 is 0 Å². The fourth-order valence-electron chi connectivity index (χ4n) is 2.55. The number of amides is 1. The summed E-state index contributed by atoms with van der Waals surface area (Å²) in [5, 5.41) is 2.83. The molecular weight excluding hydrogens is 330 g/mol. The van der Waals surface area contributed by atoms with E-state index in [1.54, 1.807) is 18.2 Å². The molecular formula is C21H27NO4. The van der Waals surface area contributed by atoms with Gasteiger partial charge in [-0.3, -0.25) is 4.79 Å². The highest BCUT2D eigenvalue weighted by Crippen LogP contribution is 2.30. The largest absolute Gasteiger partial charge is 0.493 e. The van der Waals surface area contributed by atoms with Crippen molar-refractivity contribution >= 4 is 5.91 Å². The Morgan fingerprint density at radius 1 is 1.00 bits per heavy atom. The number of carbonyl (C=O) groups is 1. The van der Waals surface area contributed by atoms with Crippen LogP contribution >= 0.6 is 0 Å². The molecule has 1 amide bonds. The summed E-state index contributed by atoms with van der Waals surface area (Å²) in [5.41, 5.74) is 1.80. The standard InChI is InChI=1S/C21H27NO4/c1-21(2,3)15-9-11-16(12-10-15)26-14-13-22-20(23)17-7-6-8-18(24-4)19(17)25-5/h6-12H,13-14H2,1-5H3,(H,22,23). The number of ether oxygens (including phenoxy) is 3. The lowest BCUT2D eigenvalue weighted by molar-refractivity contribution is 0.0943. The Kier molecular flexibility index (Phi) is 6.50. The minimum absolute atomic E-state index is 0.113. The molecule has 0 radical (unpaired) electrons. The SMILES string of the molecule is COc1cccc(C(=O)NCCOc2ccc(C(C)(C)C)cc2)c1OC. The van der Waals surface area contributed by atoms with Crippen LogP contribution in [-0.4, -0.2) is 33.3 Å². The summed E-state index contributed by atoms with van der Waals surface area (Å²) in [6, 6.07) is 13.2. The van der Waals surface area contributed by atoms with Gasteiger partial charge in [-0.2, -0.15) is 0 Å². The van der Waals surface area contributed by atoms with Gasteiger partial charge in [-0.1, -0.05) is 39.0 Å². The van der Waals surface area contributed by atoms with Crippen LogP contribution in [0.15, 0.2) is 42.5 Å². The molecule has 140 valence electrons. The summed E-state index contributed by atoms with van der Waals surface area (Å²) < 4.78 is 16.2. The van der Waals surface area contributed by atoms with Gasteiger partial charge in [0.1, 0.15) is 12.4 Å². The second kappa shape index (κ2) is 8.61. The predicted molar refractivity (Wildman–Crippen MR) is 103 cm³/mol. The molecule has 0 saturated heterocycles. The van der Waals surface area contributed by atoms with Crippen molar-refractivity contribution in [3.8, 4) is 17.2 Å². The van der Waals surface area contributed by atoms with Crippen LogP contribution in [0.25, 0.3) is 0 Å². The van der Waals surface area contributed by atoms with Crippen LogP contribution in [0.1, 0.15) is 36.7 Å². The first-order valence-electron chi connectivity index (χ1n) is 8.59.